The molecule has 5 heteroatoms. The van der Waals surface area contributed by atoms with Gasteiger partial charge in [0.25, 0.3) is 0 Å². The fraction of sp³-hybridized carbons (Fsp3) is 0.214. The lowest BCUT2D eigenvalue weighted by molar-refractivity contribution is 0.0531. The van der Waals surface area contributed by atoms with E-state index < -0.39 is 0 Å². The van der Waals surface area contributed by atoms with E-state index in [2.05, 4.69) is 9.97 Å². The highest BCUT2D eigenvalue weighted by atomic mass is 32.2. The van der Waals surface area contributed by atoms with Crippen LogP contribution in [0.5, 0.6) is 0 Å². The number of ether oxygens (including phenoxy) is 1. The number of rotatable bonds is 5. The molecule has 0 aliphatic rings. The van der Waals surface area contributed by atoms with Crippen LogP contribution in [0, 0.1) is 0 Å². The van der Waals surface area contributed by atoms with Crippen LogP contribution in [0.1, 0.15) is 10.4 Å². The highest BCUT2D eigenvalue weighted by molar-refractivity contribution is 7.98. The standard InChI is InChI=1S/C14H14N2O2S/c1-19-7-6-18-14(17)13-5-3-2-4-12(13)11-8-15-10-16-9-11/h2-5,8-10H,6-7H2,1H3. The Labute approximate surface area is 116 Å². The molecule has 0 atom stereocenters. The first-order valence-electron chi connectivity index (χ1n) is 5.83. The van der Waals surface area contributed by atoms with Crippen molar-refractivity contribution in [3.05, 3.63) is 48.5 Å². The number of nitrogens with zero attached hydrogens (tertiary/aromatic N) is 2. The maximum absolute atomic E-state index is 12.0. The van der Waals surface area contributed by atoms with Crippen LogP contribution in [0.3, 0.4) is 0 Å². The fourth-order valence-electron chi connectivity index (χ4n) is 1.65. The largest absolute Gasteiger partial charge is 0.461 e. The average Bonchev–Trinajstić information content (AvgIpc) is 2.48. The Morgan fingerprint density at radius 3 is 2.74 bits per heavy atom. The van der Waals surface area contributed by atoms with Gasteiger partial charge in [-0.15, -0.1) is 0 Å². The van der Waals surface area contributed by atoms with Gasteiger partial charge in [-0.3, -0.25) is 0 Å². The molecule has 19 heavy (non-hydrogen) atoms. The smallest absolute Gasteiger partial charge is 0.338 e. The van der Waals surface area contributed by atoms with Gasteiger partial charge in [0.05, 0.1) is 5.56 Å². The molecule has 0 fully saturated rings. The molecule has 0 aliphatic heterocycles. The first kappa shape index (κ1) is 13.5. The highest BCUT2D eigenvalue weighted by Crippen LogP contribution is 2.22. The van der Waals surface area contributed by atoms with Crippen LogP contribution in [0.25, 0.3) is 11.1 Å². The number of esters is 1. The predicted octanol–water partition coefficient (Wildman–Crippen LogP) is 2.66. The van der Waals surface area contributed by atoms with Crippen LogP contribution in [-0.4, -0.2) is 34.6 Å². The Morgan fingerprint density at radius 2 is 2.00 bits per heavy atom. The lowest BCUT2D eigenvalue weighted by atomic mass is 10.0. The van der Waals surface area contributed by atoms with Crippen molar-refractivity contribution in [1.82, 2.24) is 9.97 Å². The molecule has 4 nitrogen and oxygen atoms in total. The van der Waals surface area contributed by atoms with Crippen LogP contribution >= 0.6 is 11.8 Å². The number of carbonyl (C=O) groups excluding carboxylic acids is 1. The Kier molecular flexibility index (Phi) is 4.92. The molecule has 0 saturated carbocycles. The molecule has 0 saturated heterocycles. The first-order valence-corrected chi connectivity index (χ1v) is 7.23. The van der Waals surface area contributed by atoms with E-state index >= 15 is 0 Å². The van der Waals surface area contributed by atoms with Gasteiger partial charge in [0.2, 0.25) is 0 Å². The lowest BCUT2D eigenvalue weighted by Gasteiger charge is -2.08. The third-order valence-corrected chi connectivity index (χ3v) is 3.11. The van der Waals surface area contributed by atoms with E-state index in [9.17, 15) is 4.79 Å². The summed E-state index contributed by atoms with van der Waals surface area (Å²) in [6.07, 6.45) is 6.80. The van der Waals surface area contributed by atoms with E-state index in [4.69, 9.17) is 4.74 Å². The molecule has 2 aromatic rings. The summed E-state index contributed by atoms with van der Waals surface area (Å²) < 4.78 is 5.23. The van der Waals surface area contributed by atoms with E-state index in [-0.39, 0.29) is 5.97 Å². The van der Waals surface area contributed by atoms with E-state index in [0.717, 1.165) is 16.9 Å². The quantitative estimate of drug-likeness (QED) is 0.619. The number of hydrogen-bond donors (Lipinski definition) is 0. The molecular weight excluding hydrogens is 260 g/mol. The molecule has 1 aromatic carbocycles. The first-order chi connectivity index (χ1) is 9.33. The lowest BCUT2D eigenvalue weighted by Crippen LogP contribution is -2.09. The summed E-state index contributed by atoms with van der Waals surface area (Å²) in [5.41, 5.74) is 2.13. The molecule has 0 bridgehead atoms. The zero-order chi connectivity index (χ0) is 13.5. The van der Waals surface area contributed by atoms with Gasteiger partial charge >= 0.3 is 5.97 Å². The van der Waals surface area contributed by atoms with Crippen molar-refractivity contribution in [1.29, 1.82) is 0 Å². The Balaban J connectivity index is 2.24. The zero-order valence-electron chi connectivity index (χ0n) is 10.6. The third kappa shape index (κ3) is 3.54. The van der Waals surface area contributed by atoms with Gasteiger partial charge in [-0.05, 0) is 17.9 Å². The van der Waals surface area contributed by atoms with Crippen molar-refractivity contribution in [2.45, 2.75) is 0 Å². The summed E-state index contributed by atoms with van der Waals surface area (Å²) in [7, 11) is 0. The minimum absolute atomic E-state index is 0.312. The maximum Gasteiger partial charge on any atom is 0.338 e. The molecule has 0 unspecified atom stereocenters. The van der Waals surface area contributed by atoms with E-state index in [1.807, 2.05) is 24.5 Å². The Bertz CT molecular complexity index is 546. The summed E-state index contributed by atoms with van der Waals surface area (Å²) >= 11 is 1.64. The molecule has 0 spiro atoms. The van der Waals surface area contributed by atoms with Gasteiger partial charge in [0.15, 0.2) is 0 Å². The Morgan fingerprint density at radius 1 is 1.26 bits per heavy atom. The molecule has 98 valence electrons. The SMILES string of the molecule is CSCCOC(=O)c1ccccc1-c1cncnc1. The van der Waals surface area contributed by atoms with E-state index in [1.54, 1.807) is 30.2 Å². The number of hydrogen-bond acceptors (Lipinski definition) is 5. The minimum atomic E-state index is -0.312. The summed E-state index contributed by atoms with van der Waals surface area (Å²) in [6.45, 7) is 0.416. The van der Waals surface area contributed by atoms with Crippen LogP contribution in [-0.2, 0) is 4.74 Å². The van der Waals surface area contributed by atoms with Gasteiger partial charge < -0.3 is 4.74 Å². The van der Waals surface area contributed by atoms with Crippen molar-refractivity contribution < 1.29 is 9.53 Å². The third-order valence-electron chi connectivity index (χ3n) is 2.54. The number of thioether (sulfide) groups is 1. The second-order valence-corrected chi connectivity index (χ2v) is 4.79. The van der Waals surface area contributed by atoms with Crippen molar-refractivity contribution in [3.8, 4) is 11.1 Å². The minimum Gasteiger partial charge on any atom is -0.461 e. The molecule has 0 amide bonds. The van der Waals surface area contributed by atoms with E-state index in [1.165, 1.54) is 6.33 Å². The second-order valence-electron chi connectivity index (χ2n) is 3.80. The van der Waals surface area contributed by atoms with Crippen LogP contribution in [0.4, 0.5) is 0 Å². The van der Waals surface area contributed by atoms with Gasteiger partial charge in [0, 0.05) is 23.7 Å². The Hall–Kier alpha value is -1.88. The number of benzene rings is 1. The summed E-state index contributed by atoms with van der Waals surface area (Å²) in [4.78, 5) is 20.0. The maximum atomic E-state index is 12.0. The average molecular weight is 274 g/mol. The van der Waals surface area contributed by atoms with Crippen molar-refractivity contribution in [3.63, 3.8) is 0 Å². The number of carbonyl (C=O) groups is 1. The molecule has 2 rings (SSSR count). The molecular formula is C14H14N2O2S. The van der Waals surface area contributed by atoms with Gasteiger partial charge in [-0.2, -0.15) is 11.8 Å². The summed E-state index contributed by atoms with van der Waals surface area (Å²) in [5, 5.41) is 0. The van der Waals surface area contributed by atoms with Gasteiger partial charge in [-0.25, -0.2) is 14.8 Å². The zero-order valence-corrected chi connectivity index (χ0v) is 11.4. The molecule has 0 radical (unpaired) electrons. The second kappa shape index (κ2) is 6.89. The molecule has 1 heterocycles. The fourth-order valence-corrected chi connectivity index (χ4v) is 1.90. The van der Waals surface area contributed by atoms with Crippen LogP contribution in [0.2, 0.25) is 0 Å². The van der Waals surface area contributed by atoms with Gasteiger partial charge in [0.1, 0.15) is 12.9 Å². The van der Waals surface area contributed by atoms with E-state index in [0.29, 0.717) is 12.2 Å². The molecule has 0 N–H and O–H groups in total. The van der Waals surface area contributed by atoms with Gasteiger partial charge in [-0.1, -0.05) is 18.2 Å². The predicted molar refractivity (Wildman–Crippen MR) is 76.1 cm³/mol. The van der Waals surface area contributed by atoms with Crippen LogP contribution < -0.4 is 0 Å². The van der Waals surface area contributed by atoms with Crippen molar-refractivity contribution in [2.24, 2.45) is 0 Å². The normalized spacial score (nSPS) is 10.2. The monoisotopic (exact) mass is 274 g/mol. The topological polar surface area (TPSA) is 52.1 Å². The molecule has 0 aliphatic carbocycles. The van der Waals surface area contributed by atoms with Crippen molar-refractivity contribution in [2.75, 3.05) is 18.6 Å². The molecule has 1 aromatic heterocycles. The number of aromatic nitrogens is 2. The summed E-state index contributed by atoms with van der Waals surface area (Å²) in [5.74, 6) is 0.482. The van der Waals surface area contributed by atoms with Crippen molar-refractivity contribution >= 4 is 17.7 Å². The van der Waals surface area contributed by atoms with Crippen LogP contribution in [0.15, 0.2) is 43.0 Å². The highest BCUT2D eigenvalue weighted by Gasteiger charge is 2.13. The summed E-state index contributed by atoms with van der Waals surface area (Å²) in [6, 6.07) is 7.31.